The van der Waals surface area contributed by atoms with E-state index in [1.54, 1.807) is 12.4 Å². The third-order valence-electron chi connectivity index (χ3n) is 2.17. The van der Waals surface area contributed by atoms with Crippen molar-refractivity contribution in [1.82, 2.24) is 9.97 Å². The minimum Gasteiger partial charge on any atom is -0.388 e. The molecule has 2 N–H and O–H groups in total. The predicted octanol–water partition coefficient (Wildman–Crippen LogP) is 2.29. The highest BCUT2D eigenvalue weighted by Gasteiger charge is 2.09. The molecular formula is C11H11IN2O. The van der Waals surface area contributed by atoms with Crippen LogP contribution in [0.2, 0.25) is 0 Å². The first-order valence-corrected chi connectivity index (χ1v) is 5.75. The molecule has 0 saturated heterocycles. The Morgan fingerprint density at radius 2 is 2.33 bits per heavy atom. The predicted molar refractivity (Wildman–Crippen MR) is 66.4 cm³/mol. The zero-order valence-corrected chi connectivity index (χ0v) is 10.2. The number of nitrogens with one attached hydrogen (secondary N) is 1. The van der Waals surface area contributed by atoms with Gasteiger partial charge in [0.05, 0.1) is 6.10 Å². The molecule has 1 unspecified atom stereocenters. The lowest BCUT2D eigenvalue weighted by Gasteiger charge is -2.09. The van der Waals surface area contributed by atoms with E-state index in [4.69, 9.17) is 0 Å². The van der Waals surface area contributed by atoms with Crippen LogP contribution < -0.4 is 0 Å². The Morgan fingerprint density at radius 1 is 1.47 bits per heavy atom. The van der Waals surface area contributed by atoms with Crippen LogP contribution in [0.3, 0.4) is 0 Å². The van der Waals surface area contributed by atoms with E-state index in [9.17, 15) is 5.11 Å². The van der Waals surface area contributed by atoms with Crippen LogP contribution in [0, 0.1) is 3.57 Å². The summed E-state index contributed by atoms with van der Waals surface area (Å²) in [5.74, 6) is 0.807. The molecule has 0 aliphatic heterocycles. The molecule has 0 bridgehead atoms. The van der Waals surface area contributed by atoms with Crippen molar-refractivity contribution in [3.8, 4) is 0 Å². The van der Waals surface area contributed by atoms with Crippen LogP contribution in [-0.4, -0.2) is 15.1 Å². The van der Waals surface area contributed by atoms with Crippen molar-refractivity contribution in [3.63, 3.8) is 0 Å². The number of aromatic amines is 1. The number of benzene rings is 1. The fraction of sp³-hybridized carbons (Fsp3) is 0.182. The second kappa shape index (κ2) is 4.76. The number of nitrogens with zero attached hydrogens (tertiary/aromatic N) is 1. The normalized spacial score (nSPS) is 12.7. The van der Waals surface area contributed by atoms with Crippen LogP contribution in [0.1, 0.15) is 17.5 Å². The first kappa shape index (κ1) is 10.6. The lowest BCUT2D eigenvalue weighted by atomic mass is 10.1. The van der Waals surface area contributed by atoms with Gasteiger partial charge >= 0.3 is 0 Å². The first-order chi connectivity index (χ1) is 7.25. The number of aliphatic hydroxyl groups excluding tert-OH is 1. The average Bonchev–Trinajstić information content (AvgIpc) is 2.70. The Kier molecular flexibility index (Phi) is 3.37. The number of aliphatic hydroxyl groups is 1. The molecule has 3 nitrogen and oxygen atoms in total. The van der Waals surface area contributed by atoms with Crippen LogP contribution in [-0.2, 0) is 6.42 Å². The highest BCUT2D eigenvalue weighted by molar-refractivity contribution is 14.1. The van der Waals surface area contributed by atoms with Gasteiger partial charge in [-0.2, -0.15) is 0 Å². The van der Waals surface area contributed by atoms with Crippen molar-refractivity contribution < 1.29 is 5.11 Å². The summed E-state index contributed by atoms with van der Waals surface area (Å²) in [6.07, 6.45) is 3.48. The lowest BCUT2D eigenvalue weighted by molar-refractivity contribution is 0.176. The molecule has 0 saturated carbocycles. The largest absolute Gasteiger partial charge is 0.388 e. The highest BCUT2D eigenvalue weighted by Crippen LogP contribution is 2.18. The summed E-state index contributed by atoms with van der Waals surface area (Å²) >= 11 is 2.23. The molecule has 1 atom stereocenters. The third kappa shape index (κ3) is 2.79. The molecule has 0 aliphatic rings. The number of aromatic nitrogens is 2. The molecule has 1 heterocycles. The van der Waals surface area contributed by atoms with Gasteiger partial charge in [0, 0.05) is 22.4 Å². The summed E-state index contributed by atoms with van der Waals surface area (Å²) in [5, 5.41) is 9.95. The number of rotatable bonds is 3. The average molecular weight is 314 g/mol. The SMILES string of the molecule is OC(Cc1ncc[nH]1)c1cccc(I)c1. The van der Waals surface area contributed by atoms with E-state index in [2.05, 4.69) is 32.6 Å². The molecule has 1 aromatic carbocycles. The zero-order chi connectivity index (χ0) is 10.7. The molecule has 2 aromatic rings. The minimum atomic E-state index is -0.495. The number of imidazole rings is 1. The van der Waals surface area contributed by atoms with Gasteiger partial charge in [0.15, 0.2) is 0 Å². The van der Waals surface area contributed by atoms with Gasteiger partial charge in [-0.05, 0) is 40.3 Å². The number of hydrogen-bond donors (Lipinski definition) is 2. The Labute approximate surface area is 102 Å². The van der Waals surface area contributed by atoms with Crippen LogP contribution in [0.25, 0.3) is 0 Å². The maximum Gasteiger partial charge on any atom is 0.108 e. The standard InChI is InChI=1S/C11H11IN2O/c12-9-3-1-2-8(6-9)10(15)7-11-13-4-5-14-11/h1-6,10,15H,7H2,(H,13,14). The molecule has 0 aliphatic carbocycles. The van der Waals surface area contributed by atoms with Crippen molar-refractivity contribution in [2.75, 3.05) is 0 Å². The summed E-state index contributed by atoms with van der Waals surface area (Å²) in [6, 6.07) is 7.86. The summed E-state index contributed by atoms with van der Waals surface area (Å²) in [6.45, 7) is 0. The van der Waals surface area contributed by atoms with Crippen molar-refractivity contribution in [2.24, 2.45) is 0 Å². The minimum absolute atomic E-state index is 0.495. The number of hydrogen-bond acceptors (Lipinski definition) is 2. The second-order valence-corrected chi connectivity index (χ2v) is 4.56. The van der Waals surface area contributed by atoms with E-state index in [1.807, 2.05) is 24.3 Å². The third-order valence-corrected chi connectivity index (χ3v) is 2.85. The topological polar surface area (TPSA) is 48.9 Å². The molecule has 15 heavy (non-hydrogen) atoms. The zero-order valence-electron chi connectivity index (χ0n) is 8.02. The smallest absolute Gasteiger partial charge is 0.108 e. The quantitative estimate of drug-likeness (QED) is 0.854. The van der Waals surface area contributed by atoms with Crippen LogP contribution in [0.15, 0.2) is 36.7 Å². The molecule has 0 fully saturated rings. The van der Waals surface area contributed by atoms with E-state index >= 15 is 0 Å². The molecule has 0 amide bonds. The van der Waals surface area contributed by atoms with Gasteiger partial charge in [-0.15, -0.1) is 0 Å². The van der Waals surface area contributed by atoms with Gasteiger partial charge in [0.2, 0.25) is 0 Å². The van der Waals surface area contributed by atoms with Gasteiger partial charge in [0.25, 0.3) is 0 Å². The van der Waals surface area contributed by atoms with Gasteiger partial charge in [-0.25, -0.2) is 4.98 Å². The van der Waals surface area contributed by atoms with Crippen LogP contribution in [0.5, 0.6) is 0 Å². The lowest BCUT2D eigenvalue weighted by Crippen LogP contribution is -2.03. The summed E-state index contributed by atoms with van der Waals surface area (Å²) in [5.41, 5.74) is 0.929. The first-order valence-electron chi connectivity index (χ1n) is 4.67. The monoisotopic (exact) mass is 314 g/mol. The van der Waals surface area contributed by atoms with E-state index < -0.39 is 6.10 Å². The van der Waals surface area contributed by atoms with Crippen molar-refractivity contribution >= 4 is 22.6 Å². The van der Waals surface area contributed by atoms with E-state index in [1.165, 1.54) is 0 Å². The molecule has 2 rings (SSSR count). The summed E-state index contributed by atoms with van der Waals surface area (Å²) in [4.78, 5) is 7.07. The fourth-order valence-corrected chi connectivity index (χ4v) is 1.99. The molecule has 0 radical (unpaired) electrons. The fourth-order valence-electron chi connectivity index (χ4n) is 1.42. The Balaban J connectivity index is 2.11. The maximum atomic E-state index is 9.95. The van der Waals surface area contributed by atoms with Crippen LogP contribution in [0.4, 0.5) is 0 Å². The maximum absolute atomic E-state index is 9.95. The molecule has 78 valence electrons. The highest BCUT2D eigenvalue weighted by atomic mass is 127. The Hall–Kier alpha value is -0.880. The molecule has 4 heteroatoms. The Morgan fingerprint density at radius 3 is 3.00 bits per heavy atom. The van der Waals surface area contributed by atoms with Gasteiger partial charge in [-0.3, -0.25) is 0 Å². The summed E-state index contributed by atoms with van der Waals surface area (Å²) < 4.78 is 1.13. The van der Waals surface area contributed by atoms with Gasteiger partial charge < -0.3 is 10.1 Å². The molecular weight excluding hydrogens is 303 g/mol. The number of halogens is 1. The Bertz CT molecular complexity index is 428. The van der Waals surface area contributed by atoms with E-state index in [-0.39, 0.29) is 0 Å². The van der Waals surface area contributed by atoms with Gasteiger partial charge in [-0.1, -0.05) is 12.1 Å². The second-order valence-electron chi connectivity index (χ2n) is 3.31. The summed E-state index contributed by atoms with van der Waals surface area (Å²) in [7, 11) is 0. The van der Waals surface area contributed by atoms with E-state index in [0.29, 0.717) is 6.42 Å². The van der Waals surface area contributed by atoms with E-state index in [0.717, 1.165) is 15.0 Å². The van der Waals surface area contributed by atoms with Gasteiger partial charge in [0.1, 0.15) is 5.82 Å². The van der Waals surface area contributed by atoms with Crippen molar-refractivity contribution in [2.45, 2.75) is 12.5 Å². The number of H-pyrrole nitrogens is 1. The van der Waals surface area contributed by atoms with Crippen molar-refractivity contribution in [3.05, 3.63) is 51.6 Å². The van der Waals surface area contributed by atoms with Crippen LogP contribution >= 0.6 is 22.6 Å². The molecule has 1 aromatic heterocycles. The molecule has 0 spiro atoms. The van der Waals surface area contributed by atoms with Crippen molar-refractivity contribution in [1.29, 1.82) is 0 Å².